The minimum atomic E-state index is -0.334. The molecule has 0 spiro atoms. The smallest absolute Gasteiger partial charge is 0.253 e. The van der Waals surface area contributed by atoms with Crippen molar-refractivity contribution in [1.82, 2.24) is 19.9 Å². The summed E-state index contributed by atoms with van der Waals surface area (Å²) in [4.78, 5) is 21.9. The first-order valence-corrected chi connectivity index (χ1v) is 9.61. The Morgan fingerprint density at radius 3 is 2.85 bits per heavy atom. The van der Waals surface area contributed by atoms with Crippen LogP contribution in [0.1, 0.15) is 34.9 Å². The molecule has 0 saturated carbocycles. The number of nitrogens with zero attached hydrogens (tertiary/aromatic N) is 4. The van der Waals surface area contributed by atoms with Crippen LogP contribution < -0.4 is 0 Å². The van der Waals surface area contributed by atoms with Gasteiger partial charge in [-0.2, -0.15) is 4.98 Å². The van der Waals surface area contributed by atoms with E-state index in [1.807, 2.05) is 42.2 Å². The average Bonchev–Trinajstić information content (AvgIpc) is 3.30. The summed E-state index contributed by atoms with van der Waals surface area (Å²) in [5, 5.41) is 13.2. The van der Waals surface area contributed by atoms with E-state index in [1.165, 1.54) is 0 Å². The zero-order valence-corrected chi connectivity index (χ0v) is 15.7. The molecule has 2 fully saturated rings. The summed E-state index contributed by atoms with van der Waals surface area (Å²) in [6.45, 7) is 5.89. The van der Waals surface area contributed by atoms with Gasteiger partial charge < -0.3 is 19.4 Å². The minimum absolute atomic E-state index is 0.0579. The van der Waals surface area contributed by atoms with Crippen LogP contribution in [0, 0.1) is 12.8 Å². The Morgan fingerprint density at radius 2 is 2.15 bits per heavy atom. The van der Waals surface area contributed by atoms with Crippen LogP contribution in [0.4, 0.5) is 0 Å². The van der Waals surface area contributed by atoms with Crippen molar-refractivity contribution in [2.24, 2.45) is 5.92 Å². The van der Waals surface area contributed by atoms with Gasteiger partial charge in [0.25, 0.3) is 5.91 Å². The van der Waals surface area contributed by atoms with Gasteiger partial charge in [-0.1, -0.05) is 23.4 Å². The third kappa shape index (κ3) is 3.37. The Kier molecular flexibility index (Phi) is 4.97. The molecule has 1 amide bonds. The summed E-state index contributed by atoms with van der Waals surface area (Å²) in [6.07, 6.45) is 1.72. The van der Waals surface area contributed by atoms with Gasteiger partial charge in [0.15, 0.2) is 5.82 Å². The third-order valence-electron chi connectivity index (χ3n) is 5.89. The molecule has 0 aliphatic carbocycles. The molecular formula is C20H26N4O3. The molecule has 2 saturated heterocycles. The van der Waals surface area contributed by atoms with E-state index >= 15 is 0 Å². The van der Waals surface area contributed by atoms with E-state index in [4.69, 9.17) is 4.52 Å². The normalized spacial score (nSPS) is 25.6. The predicted octanol–water partition coefficient (Wildman–Crippen LogP) is 1.48. The Hall–Kier alpha value is -2.25. The topological polar surface area (TPSA) is 82.7 Å². The monoisotopic (exact) mass is 370 g/mol. The standard InChI is InChI=1S/C20H26N4O3/c1-15-21-19(27-22-15)20-13-23(9-5-11-25)10-8-17(20)12-24(14-20)18(26)16-6-3-2-4-7-16/h2-4,6-7,17,25H,5,8-14H2,1H3/t17-,20-/m0/s1. The molecule has 0 radical (unpaired) electrons. The van der Waals surface area contributed by atoms with E-state index in [0.717, 1.165) is 32.5 Å². The van der Waals surface area contributed by atoms with Crippen LogP contribution in [-0.2, 0) is 5.41 Å². The molecule has 1 aromatic heterocycles. The van der Waals surface area contributed by atoms with Gasteiger partial charge in [-0.25, -0.2) is 0 Å². The highest BCUT2D eigenvalue weighted by atomic mass is 16.5. The van der Waals surface area contributed by atoms with Gasteiger partial charge >= 0.3 is 0 Å². The maximum absolute atomic E-state index is 13.0. The molecule has 2 atom stereocenters. The highest BCUT2D eigenvalue weighted by Crippen LogP contribution is 2.44. The fourth-order valence-electron chi connectivity index (χ4n) is 4.55. The van der Waals surface area contributed by atoms with Crippen LogP contribution >= 0.6 is 0 Å². The summed E-state index contributed by atoms with van der Waals surface area (Å²) in [7, 11) is 0. The molecule has 27 heavy (non-hydrogen) atoms. The SMILES string of the molecule is Cc1noc([C@]23CN(CCCO)CC[C@H]2CN(C(=O)c2ccccc2)C3)n1. The van der Waals surface area contributed by atoms with Crippen molar-refractivity contribution in [2.45, 2.75) is 25.2 Å². The van der Waals surface area contributed by atoms with E-state index in [9.17, 15) is 9.90 Å². The molecular weight excluding hydrogens is 344 g/mol. The summed E-state index contributed by atoms with van der Waals surface area (Å²) in [5.41, 5.74) is 0.379. The number of carbonyl (C=O) groups is 1. The maximum Gasteiger partial charge on any atom is 0.253 e. The van der Waals surface area contributed by atoms with Crippen LogP contribution in [0.5, 0.6) is 0 Å². The van der Waals surface area contributed by atoms with Gasteiger partial charge in [0.05, 0.1) is 5.41 Å². The van der Waals surface area contributed by atoms with Crippen molar-refractivity contribution in [3.05, 3.63) is 47.6 Å². The number of carbonyl (C=O) groups excluding carboxylic acids is 1. The van der Waals surface area contributed by atoms with Crippen LogP contribution in [-0.4, -0.2) is 70.3 Å². The average molecular weight is 370 g/mol. The number of rotatable bonds is 5. The number of hydrogen-bond donors (Lipinski definition) is 1. The molecule has 2 aromatic rings. The largest absolute Gasteiger partial charge is 0.396 e. The van der Waals surface area contributed by atoms with Crippen LogP contribution in [0.3, 0.4) is 0 Å². The van der Waals surface area contributed by atoms with Gasteiger partial charge in [0.2, 0.25) is 5.89 Å². The Balaban J connectivity index is 1.62. The molecule has 7 nitrogen and oxygen atoms in total. The molecule has 7 heteroatoms. The Labute approximate surface area is 159 Å². The highest BCUT2D eigenvalue weighted by molar-refractivity contribution is 5.94. The van der Waals surface area contributed by atoms with Gasteiger partial charge in [-0.05, 0) is 44.4 Å². The van der Waals surface area contributed by atoms with E-state index in [0.29, 0.717) is 36.3 Å². The molecule has 2 aliphatic rings. The van der Waals surface area contributed by atoms with E-state index < -0.39 is 0 Å². The number of aromatic nitrogens is 2. The van der Waals surface area contributed by atoms with Crippen molar-refractivity contribution in [3.63, 3.8) is 0 Å². The van der Waals surface area contributed by atoms with Crippen molar-refractivity contribution in [2.75, 3.05) is 39.3 Å². The van der Waals surface area contributed by atoms with E-state index in [2.05, 4.69) is 15.0 Å². The maximum atomic E-state index is 13.0. The second kappa shape index (κ2) is 7.40. The molecule has 144 valence electrons. The molecule has 0 unspecified atom stereocenters. The fourth-order valence-corrected chi connectivity index (χ4v) is 4.55. The lowest BCUT2D eigenvalue weighted by Crippen LogP contribution is -2.52. The van der Waals surface area contributed by atoms with E-state index in [-0.39, 0.29) is 17.9 Å². The zero-order valence-electron chi connectivity index (χ0n) is 15.7. The lowest BCUT2D eigenvalue weighted by Gasteiger charge is -2.41. The third-order valence-corrected chi connectivity index (χ3v) is 5.89. The van der Waals surface area contributed by atoms with Crippen LogP contribution in [0.15, 0.2) is 34.9 Å². The first kappa shape index (κ1) is 18.1. The second-order valence-electron chi connectivity index (χ2n) is 7.69. The molecule has 1 N–H and O–H groups in total. The number of amides is 1. The molecule has 3 heterocycles. The lowest BCUT2D eigenvalue weighted by atomic mass is 9.73. The quantitative estimate of drug-likeness (QED) is 0.858. The summed E-state index contributed by atoms with van der Waals surface area (Å²) < 4.78 is 5.62. The second-order valence-corrected chi connectivity index (χ2v) is 7.69. The number of likely N-dealkylation sites (tertiary alicyclic amines) is 2. The first-order valence-electron chi connectivity index (χ1n) is 9.61. The molecule has 4 rings (SSSR count). The van der Waals surface area contributed by atoms with Crippen LogP contribution in [0.2, 0.25) is 0 Å². The fraction of sp³-hybridized carbons (Fsp3) is 0.550. The molecule has 1 aromatic carbocycles. The number of hydrogen-bond acceptors (Lipinski definition) is 6. The van der Waals surface area contributed by atoms with Gasteiger partial charge in [-0.3, -0.25) is 4.79 Å². The number of aryl methyl sites for hydroxylation is 1. The van der Waals surface area contributed by atoms with Crippen molar-refractivity contribution in [1.29, 1.82) is 0 Å². The van der Waals surface area contributed by atoms with Gasteiger partial charge in [-0.15, -0.1) is 0 Å². The van der Waals surface area contributed by atoms with Crippen molar-refractivity contribution < 1.29 is 14.4 Å². The predicted molar refractivity (Wildman–Crippen MR) is 99.3 cm³/mol. The van der Waals surface area contributed by atoms with Crippen LogP contribution in [0.25, 0.3) is 0 Å². The Morgan fingerprint density at radius 1 is 1.33 bits per heavy atom. The van der Waals surface area contributed by atoms with Crippen molar-refractivity contribution in [3.8, 4) is 0 Å². The Bertz CT molecular complexity index is 794. The van der Waals surface area contributed by atoms with Gasteiger partial charge in [0, 0.05) is 38.3 Å². The highest BCUT2D eigenvalue weighted by Gasteiger charge is 2.55. The first-order chi connectivity index (χ1) is 13.1. The lowest BCUT2D eigenvalue weighted by molar-refractivity contribution is 0.0757. The van der Waals surface area contributed by atoms with E-state index in [1.54, 1.807) is 0 Å². The van der Waals surface area contributed by atoms with Gasteiger partial charge in [0.1, 0.15) is 0 Å². The number of aliphatic hydroxyl groups excluding tert-OH is 1. The zero-order chi connectivity index (χ0) is 18.9. The number of piperidine rings is 1. The molecule has 0 bridgehead atoms. The number of aliphatic hydroxyl groups is 1. The summed E-state index contributed by atoms with van der Waals surface area (Å²) >= 11 is 0. The number of benzene rings is 1. The number of fused-ring (bicyclic) bond motifs is 1. The minimum Gasteiger partial charge on any atom is -0.396 e. The summed E-state index contributed by atoms with van der Waals surface area (Å²) in [5.74, 6) is 1.62. The summed E-state index contributed by atoms with van der Waals surface area (Å²) in [6, 6.07) is 9.43. The van der Waals surface area contributed by atoms with Crippen molar-refractivity contribution >= 4 is 5.91 Å². The molecule has 2 aliphatic heterocycles.